The number of nitrogens with zero attached hydrogens (tertiary/aromatic N) is 2. The minimum atomic E-state index is -3.31. The summed E-state index contributed by atoms with van der Waals surface area (Å²) in [7, 11) is -3.31. The Morgan fingerprint density at radius 3 is 2.81 bits per heavy atom. The zero-order valence-corrected chi connectivity index (χ0v) is 14.4. The first-order valence-electron chi connectivity index (χ1n) is 7.54. The molecular formula is C14H25N3O2S2. The maximum atomic E-state index is 12.1. The standard InChI is InChI=1S/C14H25N3O2S2/c1-3-17(4-2)21(18,19)15-10-13-7-8-16(11-13)12-14-6-5-9-20-14/h5-6,9,13,15H,3-4,7-8,10-12H2,1-2H3/t13-/m1/s1. The fourth-order valence-corrected chi connectivity index (χ4v) is 4.78. The van der Waals surface area contributed by atoms with Crippen molar-refractivity contribution in [2.75, 3.05) is 32.7 Å². The molecular weight excluding hydrogens is 306 g/mol. The molecule has 0 radical (unpaired) electrons. The highest BCUT2D eigenvalue weighted by Crippen LogP contribution is 2.20. The second kappa shape index (κ2) is 7.69. The lowest BCUT2D eigenvalue weighted by atomic mass is 10.1. The van der Waals surface area contributed by atoms with Crippen molar-refractivity contribution in [2.45, 2.75) is 26.8 Å². The summed E-state index contributed by atoms with van der Waals surface area (Å²) < 4.78 is 28.4. The van der Waals surface area contributed by atoms with Crippen LogP contribution in [0.15, 0.2) is 17.5 Å². The van der Waals surface area contributed by atoms with Gasteiger partial charge in [0.05, 0.1) is 0 Å². The molecule has 7 heteroatoms. The van der Waals surface area contributed by atoms with Crippen molar-refractivity contribution in [2.24, 2.45) is 5.92 Å². The Balaban J connectivity index is 1.78. The van der Waals surface area contributed by atoms with Crippen molar-refractivity contribution < 1.29 is 8.42 Å². The Hall–Kier alpha value is -0.470. The van der Waals surface area contributed by atoms with Crippen LogP contribution in [0.2, 0.25) is 0 Å². The molecule has 1 saturated heterocycles. The fraction of sp³-hybridized carbons (Fsp3) is 0.714. The van der Waals surface area contributed by atoms with Gasteiger partial charge >= 0.3 is 0 Å². The van der Waals surface area contributed by atoms with Crippen molar-refractivity contribution in [3.05, 3.63) is 22.4 Å². The van der Waals surface area contributed by atoms with Crippen LogP contribution >= 0.6 is 11.3 Å². The largest absolute Gasteiger partial charge is 0.298 e. The van der Waals surface area contributed by atoms with E-state index in [4.69, 9.17) is 0 Å². The number of thiophene rings is 1. The second-order valence-electron chi connectivity index (χ2n) is 5.41. The van der Waals surface area contributed by atoms with Crippen LogP contribution in [0.4, 0.5) is 0 Å². The Bertz CT molecular complexity index is 512. The van der Waals surface area contributed by atoms with E-state index >= 15 is 0 Å². The van der Waals surface area contributed by atoms with Crippen LogP contribution in [-0.4, -0.2) is 50.3 Å². The SMILES string of the molecule is CCN(CC)S(=O)(=O)NC[C@H]1CCN(Cc2cccs2)C1. The van der Waals surface area contributed by atoms with Crippen LogP contribution in [0, 0.1) is 5.92 Å². The number of hydrogen-bond donors (Lipinski definition) is 1. The van der Waals surface area contributed by atoms with Crippen molar-refractivity contribution >= 4 is 21.5 Å². The highest BCUT2D eigenvalue weighted by Gasteiger charge is 2.25. The van der Waals surface area contributed by atoms with E-state index in [1.165, 1.54) is 9.18 Å². The molecule has 0 unspecified atom stereocenters. The number of rotatable bonds is 8. The average Bonchev–Trinajstić information content (AvgIpc) is 3.10. The van der Waals surface area contributed by atoms with Gasteiger partial charge in [0.2, 0.25) is 0 Å². The zero-order chi connectivity index (χ0) is 15.3. The summed E-state index contributed by atoms with van der Waals surface area (Å²) in [5.41, 5.74) is 0. The van der Waals surface area contributed by atoms with Gasteiger partial charge in [0.25, 0.3) is 10.2 Å². The molecule has 0 aromatic carbocycles. The summed E-state index contributed by atoms with van der Waals surface area (Å²) >= 11 is 1.78. The molecule has 1 aromatic rings. The molecule has 0 amide bonds. The number of hydrogen-bond acceptors (Lipinski definition) is 4. The van der Waals surface area contributed by atoms with E-state index in [1.807, 2.05) is 13.8 Å². The van der Waals surface area contributed by atoms with Gasteiger partial charge in [0.15, 0.2) is 0 Å². The van der Waals surface area contributed by atoms with Crippen LogP contribution in [0.3, 0.4) is 0 Å². The van der Waals surface area contributed by atoms with Gasteiger partial charge in [-0.2, -0.15) is 12.7 Å². The lowest BCUT2D eigenvalue weighted by Gasteiger charge is -2.20. The van der Waals surface area contributed by atoms with Gasteiger partial charge in [0.1, 0.15) is 0 Å². The van der Waals surface area contributed by atoms with Gasteiger partial charge in [-0.15, -0.1) is 11.3 Å². The van der Waals surface area contributed by atoms with E-state index in [9.17, 15) is 8.42 Å². The topological polar surface area (TPSA) is 52.7 Å². The third-order valence-corrected chi connectivity index (χ3v) is 6.52. The molecule has 1 fully saturated rings. The van der Waals surface area contributed by atoms with Crippen LogP contribution in [0.1, 0.15) is 25.1 Å². The highest BCUT2D eigenvalue weighted by molar-refractivity contribution is 7.87. The molecule has 0 saturated carbocycles. The molecule has 5 nitrogen and oxygen atoms in total. The first-order chi connectivity index (χ1) is 10.0. The Morgan fingerprint density at radius 2 is 2.19 bits per heavy atom. The van der Waals surface area contributed by atoms with E-state index in [2.05, 4.69) is 27.1 Å². The van der Waals surface area contributed by atoms with Gasteiger partial charge in [-0.25, -0.2) is 4.72 Å². The molecule has 1 aliphatic heterocycles. The summed E-state index contributed by atoms with van der Waals surface area (Å²) in [5.74, 6) is 0.412. The first kappa shape index (κ1) is 16.9. The summed E-state index contributed by atoms with van der Waals surface area (Å²) in [6, 6.07) is 4.23. The van der Waals surface area contributed by atoms with Crippen LogP contribution in [0.25, 0.3) is 0 Å². The monoisotopic (exact) mass is 331 g/mol. The molecule has 0 bridgehead atoms. The van der Waals surface area contributed by atoms with Gasteiger partial charge in [-0.3, -0.25) is 4.90 Å². The molecule has 21 heavy (non-hydrogen) atoms. The summed E-state index contributed by atoms with van der Waals surface area (Å²) in [6.45, 7) is 8.30. The molecule has 0 aliphatic carbocycles. The molecule has 1 N–H and O–H groups in total. The van der Waals surface area contributed by atoms with E-state index < -0.39 is 10.2 Å². The molecule has 2 heterocycles. The van der Waals surface area contributed by atoms with Crippen LogP contribution < -0.4 is 4.72 Å². The smallest absolute Gasteiger partial charge is 0.279 e. The van der Waals surface area contributed by atoms with E-state index in [-0.39, 0.29) is 0 Å². The second-order valence-corrected chi connectivity index (χ2v) is 8.19. The minimum Gasteiger partial charge on any atom is -0.298 e. The lowest BCUT2D eigenvalue weighted by molar-refractivity contribution is 0.318. The predicted octanol–water partition coefficient (Wildman–Crippen LogP) is 1.75. The van der Waals surface area contributed by atoms with Gasteiger partial charge in [-0.1, -0.05) is 19.9 Å². The number of likely N-dealkylation sites (tertiary alicyclic amines) is 1. The quantitative estimate of drug-likeness (QED) is 0.789. The molecule has 1 atom stereocenters. The maximum Gasteiger partial charge on any atom is 0.279 e. The molecule has 120 valence electrons. The fourth-order valence-electron chi connectivity index (χ4n) is 2.72. The Morgan fingerprint density at radius 1 is 1.43 bits per heavy atom. The van der Waals surface area contributed by atoms with Crippen molar-refractivity contribution in [3.63, 3.8) is 0 Å². The summed E-state index contributed by atoms with van der Waals surface area (Å²) in [5, 5.41) is 2.10. The molecule has 0 spiro atoms. The Kier molecular flexibility index (Phi) is 6.19. The third-order valence-electron chi connectivity index (χ3n) is 3.93. The predicted molar refractivity (Wildman–Crippen MR) is 87.5 cm³/mol. The first-order valence-corrected chi connectivity index (χ1v) is 9.86. The van der Waals surface area contributed by atoms with Crippen LogP contribution in [0.5, 0.6) is 0 Å². The Labute approximate surface area is 132 Å². The van der Waals surface area contributed by atoms with Crippen molar-refractivity contribution in [1.82, 2.24) is 13.9 Å². The lowest BCUT2D eigenvalue weighted by Crippen LogP contribution is -2.42. The van der Waals surface area contributed by atoms with Crippen LogP contribution in [-0.2, 0) is 16.8 Å². The normalized spacial score (nSPS) is 20.4. The van der Waals surface area contributed by atoms with Gasteiger partial charge in [0, 0.05) is 37.6 Å². The van der Waals surface area contributed by atoms with Gasteiger partial charge < -0.3 is 0 Å². The summed E-state index contributed by atoms with van der Waals surface area (Å²) in [4.78, 5) is 3.78. The van der Waals surface area contributed by atoms with E-state index in [0.29, 0.717) is 25.6 Å². The third kappa shape index (κ3) is 4.75. The maximum absolute atomic E-state index is 12.1. The zero-order valence-electron chi connectivity index (χ0n) is 12.8. The highest BCUT2D eigenvalue weighted by atomic mass is 32.2. The molecule has 2 rings (SSSR count). The van der Waals surface area contributed by atoms with E-state index in [1.54, 1.807) is 11.3 Å². The van der Waals surface area contributed by atoms with Gasteiger partial charge in [-0.05, 0) is 30.3 Å². The van der Waals surface area contributed by atoms with Crippen molar-refractivity contribution in [3.8, 4) is 0 Å². The molecule has 1 aliphatic rings. The average molecular weight is 332 g/mol. The molecule has 1 aromatic heterocycles. The minimum absolute atomic E-state index is 0.412. The van der Waals surface area contributed by atoms with Crippen molar-refractivity contribution in [1.29, 1.82) is 0 Å². The summed E-state index contributed by atoms with van der Waals surface area (Å²) in [6.07, 6.45) is 1.06. The van der Waals surface area contributed by atoms with E-state index in [0.717, 1.165) is 26.1 Å². The number of nitrogens with one attached hydrogen (secondary N) is 1.